The SMILES string of the molecule is CCOC(=O)c1c(CCCCl)cccc1C(O)C(=O)O. The summed E-state index contributed by atoms with van der Waals surface area (Å²) in [5.74, 6) is -1.62. The Morgan fingerprint density at radius 2 is 2.10 bits per heavy atom. The predicted octanol–water partition coefficient (Wildman–Crippen LogP) is 2.15. The molecule has 0 aliphatic carbocycles. The van der Waals surface area contributed by atoms with Gasteiger partial charge in [0.1, 0.15) is 0 Å². The van der Waals surface area contributed by atoms with E-state index in [1.54, 1.807) is 19.1 Å². The molecular formula is C14H17ClO5. The van der Waals surface area contributed by atoms with Crippen LogP contribution in [0.5, 0.6) is 0 Å². The molecular weight excluding hydrogens is 284 g/mol. The maximum absolute atomic E-state index is 12.0. The summed E-state index contributed by atoms with van der Waals surface area (Å²) < 4.78 is 4.94. The van der Waals surface area contributed by atoms with Gasteiger partial charge in [-0.25, -0.2) is 9.59 Å². The topological polar surface area (TPSA) is 83.8 Å². The number of carbonyl (C=O) groups excluding carboxylic acids is 1. The van der Waals surface area contributed by atoms with E-state index in [0.717, 1.165) is 0 Å². The quantitative estimate of drug-likeness (QED) is 0.595. The van der Waals surface area contributed by atoms with Crippen molar-refractivity contribution in [3.8, 4) is 0 Å². The molecule has 5 nitrogen and oxygen atoms in total. The number of aliphatic hydroxyl groups excluding tert-OH is 1. The second-order valence-electron chi connectivity index (χ2n) is 4.14. The lowest BCUT2D eigenvalue weighted by atomic mass is 9.94. The number of hydrogen-bond acceptors (Lipinski definition) is 4. The number of hydrogen-bond donors (Lipinski definition) is 2. The number of alkyl halides is 1. The van der Waals surface area contributed by atoms with Crippen LogP contribution in [0.4, 0.5) is 0 Å². The highest BCUT2D eigenvalue weighted by Crippen LogP contribution is 2.24. The molecule has 110 valence electrons. The van der Waals surface area contributed by atoms with E-state index in [1.807, 2.05) is 0 Å². The summed E-state index contributed by atoms with van der Waals surface area (Å²) in [6, 6.07) is 4.72. The number of halogens is 1. The van der Waals surface area contributed by atoms with Crippen molar-refractivity contribution in [1.29, 1.82) is 0 Å². The molecule has 0 aromatic heterocycles. The number of ether oxygens (including phenoxy) is 1. The first-order valence-corrected chi connectivity index (χ1v) is 6.82. The molecule has 0 heterocycles. The van der Waals surface area contributed by atoms with E-state index in [0.29, 0.717) is 24.3 Å². The molecule has 1 atom stereocenters. The monoisotopic (exact) mass is 300 g/mol. The minimum atomic E-state index is -1.76. The Bertz CT molecular complexity index is 486. The van der Waals surface area contributed by atoms with Crippen LogP contribution in [0.15, 0.2) is 18.2 Å². The number of aliphatic carboxylic acids is 1. The number of aliphatic hydroxyl groups is 1. The summed E-state index contributed by atoms with van der Waals surface area (Å²) in [7, 11) is 0. The number of rotatable bonds is 7. The van der Waals surface area contributed by atoms with Crippen molar-refractivity contribution in [1.82, 2.24) is 0 Å². The van der Waals surface area contributed by atoms with Gasteiger partial charge in [-0.15, -0.1) is 11.6 Å². The zero-order chi connectivity index (χ0) is 15.1. The Morgan fingerprint density at radius 1 is 1.40 bits per heavy atom. The van der Waals surface area contributed by atoms with Gasteiger partial charge in [0.15, 0.2) is 6.10 Å². The molecule has 0 amide bonds. The third-order valence-corrected chi connectivity index (χ3v) is 3.04. The lowest BCUT2D eigenvalue weighted by molar-refractivity contribution is -0.146. The van der Waals surface area contributed by atoms with E-state index in [-0.39, 0.29) is 17.7 Å². The van der Waals surface area contributed by atoms with E-state index < -0.39 is 18.0 Å². The third kappa shape index (κ3) is 3.95. The number of carbonyl (C=O) groups is 2. The third-order valence-electron chi connectivity index (χ3n) is 2.77. The van der Waals surface area contributed by atoms with Crippen molar-refractivity contribution in [3.63, 3.8) is 0 Å². The number of esters is 1. The summed E-state index contributed by atoms with van der Waals surface area (Å²) in [5.41, 5.74) is 0.791. The van der Waals surface area contributed by atoms with Crippen LogP contribution in [-0.2, 0) is 16.0 Å². The van der Waals surface area contributed by atoms with Crippen molar-refractivity contribution < 1.29 is 24.5 Å². The van der Waals surface area contributed by atoms with Crippen LogP contribution in [-0.4, -0.2) is 34.6 Å². The van der Waals surface area contributed by atoms with Crippen molar-refractivity contribution >= 4 is 23.5 Å². The van der Waals surface area contributed by atoms with E-state index in [1.165, 1.54) is 6.07 Å². The molecule has 20 heavy (non-hydrogen) atoms. The fourth-order valence-corrected chi connectivity index (χ4v) is 2.03. The molecule has 0 aliphatic heterocycles. The Balaban J connectivity index is 3.28. The van der Waals surface area contributed by atoms with E-state index in [2.05, 4.69) is 0 Å². The van der Waals surface area contributed by atoms with Gasteiger partial charge >= 0.3 is 11.9 Å². The zero-order valence-electron chi connectivity index (χ0n) is 11.1. The van der Waals surface area contributed by atoms with Crippen LogP contribution in [0, 0.1) is 0 Å². The molecule has 1 aromatic carbocycles. The fourth-order valence-electron chi connectivity index (χ4n) is 1.90. The van der Waals surface area contributed by atoms with Crippen molar-refractivity contribution in [2.75, 3.05) is 12.5 Å². The minimum absolute atomic E-state index is 0.0445. The van der Waals surface area contributed by atoms with Gasteiger partial charge in [0.2, 0.25) is 0 Å². The minimum Gasteiger partial charge on any atom is -0.479 e. The summed E-state index contributed by atoms with van der Waals surface area (Å²) in [6.45, 7) is 1.83. The molecule has 1 aromatic rings. The average molecular weight is 301 g/mol. The first kappa shape index (κ1) is 16.5. The smallest absolute Gasteiger partial charge is 0.338 e. The van der Waals surface area contributed by atoms with Gasteiger partial charge in [-0.2, -0.15) is 0 Å². The maximum Gasteiger partial charge on any atom is 0.338 e. The Morgan fingerprint density at radius 3 is 2.65 bits per heavy atom. The van der Waals surface area contributed by atoms with Crippen molar-refractivity contribution in [2.45, 2.75) is 25.9 Å². The number of benzene rings is 1. The van der Waals surface area contributed by atoms with E-state index in [9.17, 15) is 14.7 Å². The molecule has 1 unspecified atom stereocenters. The molecule has 0 saturated carbocycles. The van der Waals surface area contributed by atoms with Gasteiger partial charge < -0.3 is 14.9 Å². The van der Waals surface area contributed by atoms with Crippen LogP contribution in [0.1, 0.15) is 40.9 Å². The highest BCUT2D eigenvalue weighted by Gasteiger charge is 2.25. The second-order valence-corrected chi connectivity index (χ2v) is 4.51. The lowest BCUT2D eigenvalue weighted by Gasteiger charge is -2.15. The molecule has 0 spiro atoms. The van der Waals surface area contributed by atoms with Crippen LogP contribution < -0.4 is 0 Å². The molecule has 6 heteroatoms. The first-order valence-electron chi connectivity index (χ1n) is 6.28. The predicted molar refractivity (Wildman–Crippen MR) is 74.0 cm³/mol. The van der Waals surface area contributed by atoms with Crippen LogP contribution in [0.25, 0.3) is 0 Å². The summed E-state index contributed by atoms with van der Waals surface area (Å²) in [6.07, 6.45) is -0.608. The van der Waals surface area contributed by atoms with Crippen LogP contribution in [0.3, 0.4) is 0 Å². The van der Waals surface area contributed by atoms with Gasteiger partial charge in [-0.05, 0) is 25.3 Å². The molecule has 0 aliphatic rings. The van der Waals surface area contributed by atoms with E-state index >= 15 is 0 Å². The van der Waals surface area contributed by atoms with Crippen LogP contribution >= 0.6 is 11.6 Å². The Hall–Kier alpha value is -1.59. The van der Waals surface area contributed by atoms with Gasteiger partial charge in [0.25, 0.3) is 0 Å². The van der Waals surface area contributed by atoms with Crippen molar-refractivity contribution in [2.24, 2.45) is 0 Å². The average Bonchev–Trinajstić information content (AvgIpc) is 2.43. The van der Waals surface area contributed by atoms with Gasteiger partial charge in [0, 0.05) is 11.4 Å². The highest BCUT2D eigenvalue weighted by molar-refractivity contribution is 6.17. The molecule has 2 N–H and O–H groups in total. The molecule has 0 bridgehead atoms. The summed E-state index contributed by atoms with van der Waals surface area (Å²) in [5, 5.41) is 18.6. The second kappa shape index (κ2) is 7.87. The lowest BCUT2D eigenvalue weighted by Crippen LogP contribution is -2.18. The van der Waals surface area contributed by atoms with Crippen molar-refractivity contribution in [3.05, 3.63) is 34.9 Å². The normalized spacial score (nSPS) is 11.9. The Labute approximate surface area is 122 Å². The highest BCUT2D eigenvalue weighted by atomic mass is 35.5. The van der Waals surface area contributed by atoms with E-state index in [4.69, 9.17) is 21.4 Å². The number of carboxylic acids is 1. The molecule has 0 fully saturated rings. The van der Waals surface area contributed by atoms with Gasteiger partial charge in [-0.1, -0.05) is 18.2 Å². The van der Waals surface area contributed by atoms with Gasteiger partial charge in [-0.3, -0.25) is 0 Å². The first-order chi connectivity index (χ1) is 9.52. The van der Waals surface area contributed by atoms with Gasteiger partial charge in [0.05, 0.1) is 12.2 Å². The standard InChI is InChI=1S/C14H17ClO5/c1-2-20-14(19)11-9(6-4-8-15)5-3-7-10(11)12(16)13(17)18/h3,5,7,12,16H,2,4,6,8H2,1H3,(H,17,18). The fraction of sp³-hybridized carbons (Fsp3) is 0.429. The van der Waals surface area contributed by atoms with Crippen LogP contribution in [0.2, 0.25) is 0 Å². The number of aryl methyl sites for hydroxylation is 1. The maximum atomic E-state index is 12.0. The Kier molecular flexibility index (Phi) is 6.48. The molecule has 1 rings (SSSR count). The molecule has 0 saturated heterocycles. The zero-order valence-corrected chi connectivity index (χ0v) is 11.9. The number of carboxylic acid groups (broad SMARTS) is 1. The largest absolute Gasteiger partial charge is 0.479 e. The summed E-state index contributed by atoms with van der Waals surface area (Å²) >= 11 is 5.64. The summed E-state index contributed by atoms with van der Waals surface area (Å²) in [4.78, 5) is 23.0. The molecule has 0 radical (unpaired) electrons.